The molecule has 0 aromatic heterocycles. The van der Waals surface area contributed by atoms with Gasteiger partial charge in [0.1, 0.15) is 0 Å². The Morgan fingerprint density at radius 1 is 1.25 bits per heavy atom. The minimum Gasteiger partial charge on any atom is -0.367 e. The van der Waals surface area contributed by atoms with Gasteiger partial charge in [0.05, 0.1) is 5.69 Å². The minimum absolute atomic E-state index is 0.166. The molecule has 0 bridgehead atoms. The topological polar surface area (TPSA) is 40.6 Å². The largest absolute Gasteiger partial charge is 0.367 e. The van der Waals surface area contributed by atoms with E-state index in [-0.39, 0.29) is 5.91 Å². The molecule has 2 heterocycles. The highest BCUT2D eigenvalue weighted by molar-refractivity contribution is 5.87. The van der Waals surface area contributed by atoms with E-state index in [1.54, 1.807) is 6.92 Å². The highest BCUT2D eigenvalue weighted by atomic mass is 16.2. The van der Waals surface area contributed by atoms with Gasteiger partial charge in [-0.05, 0) is 30.9 Å². The third-order valence-electron chi connectivity index (χ3n) is 4.54. The summed E-state index contributed by atoms with van der Waals surface area (Å²) in [7, 11) is 0. The Morgan fingerprint density at radius 3 is 2.65 bits per heavy atom. The quantitative estimate of drug-likeness (QED) is 0.772. The van der Waals surface area contributed by atoms with Crippen LogP contribution >= 0.6 is 0 Å². The Labute approximate surface area is 119 Å². The number of para-hydroxylation sites is 1. The van der Waals surface area contributed by atoms with Crippen molar-refractivity contribution in [3.8, 4) is 0 Å². The maximum Gasteiger partial charge on any atom is 0.219 e. The number of hydrogen-bond donors (Lipinski definition) is 0. The van der Waals surface area contributed by atoms with Gasteiger partial charge in [-0.1, -0.05) is 12.1 Å². The van der Waals surface area contributed by atoms with E-state index in [9.17, 15) is 9.59 Å². The van der Waals surface area contributed by atoms with Crippen LogP contribution in [-0.4, -0.2) is 42.8 Å². The molecule has 106 valence electrons. The third-order valence-corrected chi connectivity index (χ3v) is 4.54. The number of fused-ring (bicyclic) bond motifs is 1. The lowest BCUT2D eigenvalue weighted by Gasteiger charge is -2.38. The third kappa shape index (κ3) is 2.19. The van der Waals surface area contributed by atoms with E-state index in [0.29, 0.717) is 6.04 Å². The number of carbonyl (C=O) groups is 2. The molecule has 1 fully saturated rings. The Morgan fingerprint density at radius 2 is 2.00 bits per heavy atom. The molecule has 3 rings (SSSR count). The summed E-state index contributed by atoms with van der Waals surface area (Å²) in [5.74, 6) is 0.166. The lowest BCUT2D eigenvalue weighted by atomic mass is 10.0. The van der Waals surface area contributed by atoms with Gasteiger partial charge < -0.3 is 9.80 Å². The van der Waals surface area contributed by atoms with Gasteiger partial charge in [-0.2, -0.15) is 0 Å². The molecular formula is C16H20N2O2. The molecule has 0 atom stereocenters. The van der Waals surface area contributed by atoms with E-state index in [1.165, 1.54) is 5.56 Å². The molecule has 1 aromatic carbocycles. The van der Waals surface area contributed by atoms with Crippen LogP contribution in [0.4, 0.5) is 5.69 Å². The van der Waals surface area contributed by atoms with Crippen molar-refractivity contribution in [1.82, 2.24) is 4.90 Å². The van der Waals surface area contributed by atoms with Gasteiger partial charge in [0.15, 0.2) is 6.29 Å². The lowest BCUT2D eigenvalue weighted by Crippen LogP contribution is -2.46. The van der Waals surface area contributed by atoms with Crippen LogP contribution in [-0.2, 0) is 11.2 Å². The first-order chi connectivity index (χ1) is 9.70. The second-order valence-electron chi connectivity index (χ2n) is 5.65. The fourth-order valence-corrected chi connectivity index (χ4v) is 3.47. The number of rotatable bonds is 2. The molecule has 4 nitrogen and oxygen atoms in total. The van der Waals surface area contributed by atoms with Crippen molar-refractivity contribution in [1.29, 1.82) is 0 Å². The Kier molecular flexibility index (Phi) is 3.47. The van der Waals surface area contributed by atoms with E-state index in [2.05, 4.69) is 11.0 Å². The van der Waals surface area contributed by atoms with Crippen LogP contribution in [0.3, 0.4) is 0 Å². The number of hydrogen-bond acceptors (Lipinski definition) is 3. The first-order valence-corrected chi connectivity index (χ1v) is 7.30. The molecule has 1 saturated heterocycles. The summed E-state index contributed by atoms with van der Waals surface area (Å²) in [5.41, 5.74) is 3.21. The molecule has 0 N–H and O–H groups in total. The van der Waals surface area contributed by atoms with Gasteiger partial charge in [-0.25, -0.2) is 0 Å². The van der Waals surface area contributed by atoms with Crippen molar-refractivity contribution in [2.24, 2.45) is 0 Å². The molecule has 2 aliphatic heterocycles. The molecule has 0 unspecified atom stereocenters. The van der Waals surface area contributed by atoms with Gasteiger partial charge in [-0.15, -0.1) is 0 Å². The number of carbonyl (C=O) groups excluding carboxylic acids is 2. The highest BCUT2D eigenvalue weighted by Crippen LogP contribution is 2.34. The highest BCUT2D eigenvalue weighted by Gasteiger charge is 2.31. The molecule has 0 saturated carbocycles. The van der Waals surface area contributed by atoms with E-state index < -0.39 is 0 Å². The lowest BCUT2D eigenvalue weighted by molar-refractivity contribution is -0.129. The van der Waals surface area contributed by atoms with E-state index in [0.717, 1.165) is 56.4 Å². The van der Waals surface area contributed by atoms with Crippen LogP contribution in [0.1, 0.15) is 35.7 Å². The fourth-order valence-electron chi connectivity index (χ4n) is 3.47. The molecule has 4 heteroatoms. The normalized spacial score (nSPS) is 19.1. The molecule has 2 aliphatic rings. The molecule has 0 spiro atoms. The number of benzene rings is 1. The second-order valence-corrected chi connectivity index (χ2v) is 5.65. The van der Waals surface area contributed by atoms with Crippen LogP contribution in [0.25, 0.3) is 0 Å². The first kappa shape index (κ1) is 13.2. The van der Waals surface area contributed by atoms with E-state index in [4.69, 9.17) is 0 Å². The van der Waals surface area contributed by atoms with Crippen molar-refractivity contribution >= 4 is 17.9 Å². The van der Waals surface area contributed by atoms with Gasteiger partial charge in [-0.3, -0.25) is 9.59 Å². The van der Waals surface area contributed by atoms with Crippen LogP contribution in [0, 0.1) is 0 Å². The predicted octanol–water partition coefficient (Wildman–Crippen LogP) is 1.87. The summed E-state index contributed by atoms with van der Waals surface area (Å²) in [6, 6.07) is 6.43. The van der Waals surface area contributed by atoms with Gasteiger partial charge in [0.25, 0.3) is 0 Å². The smallest absolute Gasteiger partial charge is 0.219 e. The van der Waals surface area contributed by atoms with E-state index >= 15 is 0 Å². The monoisotopic (exact) mass is 272 g/mol. The summed E-state index contributed by atoms with van der Waals surface area (Å²) in [6.07, 6.45) is 3.96. The van der Waals surface area contributed by atoms with Gasteiger partial charge >= 0.3 is 0 Å². The van der Waals surface area contributed by atoms with Crippen molar-refractivity contribution < 1.29 is 9.59 Å². The maximum absolute atomic E-state index is 11.4. The number of anilines is 1. The van der Waals surface area contributed by atoms with Crippen LogP contribution in [0.5, 0.6) is 0 Å². The van der Waals surface area contributed by atoms with Gasteiger partial charge in [0, 0.05) is 38.2 Å². The number of amides is 1. The zero-order valence-corrected chi connectivity index (χ0v) is 11.8. The minimum atomic E-state index is 0.166. The molecule has 0 radical (unpaired) electrons. The van der Waals surface area contributed by atoms with Crippen LogP contribution in [0.2, 0.25) is 0 Å². The molecule has 1 amide bonds. The zero-order valence-electron chi connectivity index (χ0n) is 11.8. The number of piperidine rings is 1. The predicted molar refractivity (Wildman–Crippen MR) is 78.2 cm³/mol. The summed E-state index contributed by atoms with van der Waals surface area (Å²) in [5, 5.41) is 0. The molecule has 20 heavy (non-hydrogen) atoms. The van der Waals surface area contributed by atoms with Crippen molar-refractivity contribution in [2.45, 2.75) is 32.2 Å². The first-order valence-electron chi connectivity index (χ1n) is 7.30. The van der Waals surface area contributed by atoms with E-state index in [1.807, 2.05) is 17.0 Å². The fraction of sp³-hybridized carbons (Fsp3) is 0.500. The summed E-state index contributed by atoms with van der Waals surface area (Å²) in [4.78, 5) is 26.9. The Balaban J connectivity index is 1.79. The van der Waals surface area contributed by atoms with Gasteiger partial charge in [0.2, 0.25) is 5.91 Å². The standard InChI is InChI=1S/C16H20N2O2/c1-12(20)17-8-6-15(7-9-17)18-10-5-13-3-2-4-14(11-19)16(13)18/h2-4,11,15H,5-10H2,1H3. The number of likely N-dealkylation sites (tertiary alicyclic amines) is 1. The second kappa shape index (κ2) is 5.27. The summed E-state index contributed by atoms with van der Waals surface area (Å²) < 4.78 is 0. The maximum atomic E-state index is 11.4. The van der Waals surface area contributed by atoms with Crippen LogP contribution < -0.4 is 4.90 Å². The van der Waals surface area contributed by atoms with Crippen molar-refractivity contribution in [3.05, 3.63) is 29.3 Å². The van der Waals surface area contributed by atoms with Crippen molar-refractivity contribution in [3.63, 3.8) is 0 Å². The molecule has 1 aromatic rings. The SMILES string of the molecule is CC(=O)N1CCC(N2CCc3cccc(C=O)c32)CC1. The number of aldehydes is 1. The van der Waals surface area contributed by atoms with Crippen molar-refractivity contribution in [2.75, 3.05) is 24.5 Å². The average molecular weight is 272 g/mol. The van der Waals surface area contributed by atoms with Crippen LogP contribution in [0.15, 0.2) is 18.2 Å². The Hall–Kier alpha value is -1.84. The zero-order chi connectivity index (χ0) is 14.1. The average Bonchev–Trinajstić information content (AvgIpc) is 2.91. The summed E-state index contributed by atoms with van der Waals surface area (Å²) >= 11 is 0. The number of nitrogens with zero attached hydrogens (tertiary/aromatic N) is 2. The molecule has 0 aliphatic carbocycles. The Bertz CT molecular complexity index is 533. The molecular weight excluding hydrogens is 252 g/mol. The summed E-state index contributed by atoms with van der Waals surface area (Å²) in [6.45, 7) is 4.28.